The van der Waals surface area contributed by atoms with Gasteiger partial charge in [0, 0.05) is 40.8 Å². The predicted molar refractivity (Wildman–Crippen MR) is 192 cm³/mol. The number of amides is 1. The van der Waals surface area contributed by atoms with Gasteiger partial charge in [0.25, 0.3) is 5.91 Å². The van der Waals surface area contributed by atoms with Gasteiger partial charge in [-0.2, -0.15) is 0 Å². The van der Waals surface area contributed by atoms with Gasteiger partial charge in [0.2, 0.25) is 0 Å². The molecule has 2 aliphatic carbocycles. The molecule has 5 aliphatic rings. The minimum absolute atomic E-state index is 0.0394. The van der Waals surface area contributed by atoms with Gasteiger partial charge in [-0.3, -0.25) is 9.52 Å². The van der Waals surface area contributed by atoms with Gasteiger partial charge in [0.15, 0.2) is 6.29 Å². The van der Waals surface area contributed by atoms with Crippen LogP contribution in [-0.4, -0.2) is 73.1 Å². The van der Waals surface area contributed by atoms with Crippen LogP contribution in [0.25, 0.3) is 0 Å². The van der Waals surface area contributed by atoms with Crippen molar-refractivity contribution in [1.82, 2.24) is 4.72 Å². The number of hydrogen-bond donors (Lipinski definition) is 1. The number of carbonyl (C=O) groups excluding carboxylic acids is 1. The van der Waals surface area contributed by atoms with Crippen molar-refractivity contribution in [2.24, 2.45) is 11.8 Å². The zero-order valence-electron chi connectivity index (χ0n) is 28.0. The van der Waals surface area contributed by atoms with Crippen LogP contribution in [0.1, 0.15) is 79.8 Å². The fourth-order valence-electron chi connectivity index (χ4n) is 8.46. The molecule has 2 aromatic rings. The van der Waals surface area contributed by atoms with Crippen molar-refractivity contribution in [1.29, 1.82) is 0 Å². The molecule has 2 aromatic carbocycles. The molecule has 1 N–H and O–H groups in total. The maximum absolute atomic E-state index is 13.9. The SMILES string of the molecule is C=S1(=O)NC(=O)c2ccc3c(c2)N(C[C@@H]2CC[C@H]2[C@@H](OCCC2OCCO2)/C=C/CC[C@H]1CC)C[C@@]1(CCCc2cc(Cl)ccc21)CO3. The Morgan fingerprint density at radius 2 is 2.00 bits per heavy atom. The van der Waals surface area contributed by atoms with E-state index < -0.39 is 9.71 Å². The molecule has 1 unspecified atom stereocenters. The summed E-state index contributed by atoms with van der Waals surface area (Å²) < 4.78 is 41.3. The number of nitrogens with zero attached hydrogens (tertiary/aromatic N) is 1. The Balaban J connectivity index is 1.24. The van der Waals surface area contributed by atoms with Crippen LogP contribution in [0.3, 0.4) is 0 Å². The molecule has 1 saturated heterocycles. The number of anilines is 1. The fraction of sp³-hybridized carbons (Fsp3) is 0.579. The van der Waals surface area contributed by atoms with Crippen molar-refractivity contribution in [3.8, 4) is 5.75 Å². The Kier molecular flexibility index (Phi) is 10.1. The lowest BCUT2D eigenvalue weighted by molar-refractivity contribution is -0.0789. The Labute approximate surface area is 290 Å². The zero-order chi connectivity index (χ0) is 33.3. The van der Waals surface area contributed by atoms with Crippen molar-refractivity contribution in [3.63, 3.8) is 0 Å². The first-order chi connectivity index (χ1) is 23.2. The quantitative estimate of drug-likeness (QED) is 0.283. The Bertz CT molecular complexity index is 1620. The van der Waals surface area contributed by atoms with E-state index in [1.807, 2.05) is 25.1 Å². The molecule has 0 radical (unpaired) electrons. The minimum Gasteiger partial charge on any atom is -0.490 e. The summed E-state index contributed by atoms with van der Waals surface area (Å²) in [5.41, 5.74) is 3.76. The van der Waals surface area contributed by atoms with Gasteiger partial charge in [0.1, 0.15) is 5.75 Å². The number of benzene rings is 2. The maximum Gasteiger partial charge on any atom is 0.262 e. The number of allylic oxidation sites excluding steroid dienone is 1. The number of fused-ring (bicyclic) bond motifs is 4. The summed E-state index contributed by atoms with van der Waals surface area (Å²) in [4.78, 5) is 16.1. The van der Waals surface area contributed by atoms with E-state index in [1.54, 1.807) is 6.07 Å². The Morgan fingerprint density at radius 3 is 2.79 bits per heavy atom. The molecule has 0 aromatic heterocycles. The van der Waals surface area contributed by atoms with Crippen LogP contribution in [0.4, 0.5) is 5.69 Å². The average molecular weight is 697 g/mol. The van der Waals surface area contributed by atoms with Crippen molar-refractivity contribution in [2.75, 3.05) is 44.4 Å². The van der Waals surface area contributed by atoms with E-state index in [-0.39, 0.29) is 29.0 Å². The molecule has 1 amide bonds. The summed E-state index contributed by atoms with van der Waals surface area (Å²) in [6.07, 6.45) is 12.2. The normalized spacial score (nSPS) is 33.1. The van der Waals surface area contributed by atoms with Gasteiger partial charge in [0.05, 0.1) is 47.9 Å². The standard InChI is InChI=1S/C38H49ClN2O6S/c1-3-30-8-4-5-9-34(44-18-16-36-45-19-20-46-36)31-13-10-28(31)23-41-24-38(17-6-7-26-21-29(39)12-14-32(26)38)25-47-35-15-11-27(22-33(35)41)37(42)40-48(30,2)43/h5,9,11-12,14-15,21-22,28,30-31,34,36H,2-4,6-8,10,13,16-20,23-25H2,1H3,(H,40,42,43)/b9-5+/t28-,30+,31+,34-,38-,48?/m0/s1. The molecule has 2 fully saturated rings. The third-order valence-corrected chi connectivity index (χ3v) is 13.7. The first-order valence-corrected chi connectivity index (χ1v) is 19.9. The number of rotatable bonds is 5. The lowest BCUT2D eigenvalue weighted by Gasteiger charge is -2.46. The second-order valence-electron chi connectivity index (χ2n) is 14.3. The van der Waals surface area contributed by atoms with Crippen LogP contribution in [0, 0.1) is 11.8 Å². The summed E-state index contributed by atoms with van der Waals surface area (Å²) in [5, 5.41) is 0.519. The fourth-order valence-corrected chi connectivity index (χ4v) is 10.3. The molecule has 7 rings (SSSR count). The zero-order valence-corrected chi connectivity index (χ0v) is 29.6. The minimum atomic E-state index is -2.89. The third-order valence-electron chi connectivity index (χ3n) is 11.2. The van der Waals surface area contributed by atoms with Crippen molar-refractivity contribution in [2.45, 2.75) is 87.8 Å². The molecule has 3 aliphatic heterocycles. The molecule has 260 valence electrons. The lowest BCUT2D eigenvalue weighted by Crippen LogP contribution is -2.49. The number of halogens is 1. The summed E-state index contributed by atoms with van der Waals surface area (Å²) in [6, 6.07) is 11.9. The largest absolute Gasteiger partial charge is 0.490 e. The van der Waals surface area contributed by atoms with Gasteiger partial charge in [-0.25, -0.2) is 4.21 Å². The summed E-state index contributed by atoms with van der Waals surface area (Å²) >= 11 is 6.47. The van der Waals surface area contributed by atoms with Gasteiger partial charge >= 0.3 is 0 Å². The highest BCUT2D eigenvalue weighted by molar-refractivity contribution is 7.99. The Hall–Kier alpha value is -2.56. The molecule has 1 saturated carbocycles. The van der Waals surface area contributed by atoms with Gasteiger partial charge < -0.3 is 23.8 Å². The van der Waals surface area contributed by atoms with E-state index in [4.69, 9.17) is 30.5 Å². The van der Waals surface area contributed by atoms with E-state index in [9.17, 15) is 9.00 Å². The van der Waals surface area contributed by atoms with Crippen molar-refractivity contribution in [3.05, 3.63) is 70.3 Å². The smallest absolute Gasteiger partial charge is 0.262 e. The summed E-state index contributed by atoms with van der Waals surface area (Å²) in [5.74, 6) is 5.21. The topological polar surface area (TPSA) is 86.3 Å². The summed E-state index contributed by atoms with van der Waals surface area (Å²) in [6.45, 7) is 5.98. The van der Waals surface area contributed by atoms with E-state index in [0.29, 0.717) is 63.1 Å². The van der Waals surface area contributed by atoms with Gasteiger partial charge in [-0.1, -0.05) is 36.7 Å². The lowest BCUT2D eigenvalue weighted by atomic mass is 9.68. The van der Waals surface area contributed by atoms with Crippen LogP contribution >= 0.6 is 11.6 Å². The van der Waals surface area contributed by atoms with Crippen molar-refractivity contribution < 1.29 is 28.0 Å². The Morgan fingerprint density at radius 1 is 1.15 bits per heavy atom. The molecule has 1 spiro atoms. The highest BCUT2D eigenvalue weighted by atomic mass is 35.5. The second-order valence-corrected chi connectivity index (χ2v) is 17.0. The van der Waals surface area contributed by atoms with E-state index in [2.05, 4.69) is 39.8 Å². The van der Waals surface area contributed by atoms with Crippen LogP contribution in [-0.2, 0) is 35.8 Å². The predicted octanol–water partition coefficient (Wildman–Crippen LogP) is 6.48. The first kappa shape index (κ1) is 33.9. The van der Waals surface area contributed by atoms with Crippen LogP contribution < -0.4 is 14.4 Å². The van der Waals surface area contributed by atoms with Crippen molar-refractivity contribution >= 4 is 38.8 Å². The molecule has 2 bridgehead atoms. The van der Waals surface area contributed by atoms with Gasteiger partial charge in [-0.05, 0) is 111 Å². The van der Waals surface area contributed by atoms with Gasteiger partial charge in [-0.15, -0.1) is 0 Å². The number of aryl methyl sites for hydroxylation is 1. The van der Waals surface area contributed by atoms with E-state index >= 15 is 0 Å². The number of hydrogen-bond acceptors (Lipinski definition) is 7. The van der Waals surface area contributed by atoms with Crippen LogP contribution in [0.15, 0.2) is 48.6 Å². The number of nitrogens with one attached hydrogen (secondary N) is 1. The molecular weight excluding hydrogens is 648 g/mol. The second kappa shape index (κ2) is 14.4. The molecule has 48 heavy (non-hydrogen) atoms. The van der Waals surface area contributed by atoms with E-state index in [0.717, 1.165) is 68.1 Å². The molecule has 6 atom stereocenters. The van der Waals surface area contributed by atoms with E-state index in [1.165, 1.54) is 11.1 Å². The first-order valence-electron chi connectivity index (χ1n) is 17.7. The highest BCUT2D eigenvalue weighted by Crippen LogP contribution is 2.47. The molecular formula is C38H49ClN2O6S. The monoisotopic (exact) mass is 696 g/mol. The molecule has 8 nitrogen and oxygen atoms in total. The number of carbonyl (C=O) groups is 1. The van der Waals surface area contributed by atoms with Crippen LogP contribution in [0.5, 0.6) is 5.75 Å². The maximum atomic E-state index is 13.9. The molecule has 10 heteroatoms. The third kappa shape index (κ3) is 7.04. The van der Waals surface area contributed by atoms with Crippen LogP contribution in [0.2, 0.25) is 5.02 Å². The molecule has 3 heterocycles. The highest BCUT2D eigenvalue weighted by Gasteiger charge is 2.44. The number of ether oxygens (including phenoxy) is 4. The average Bonchev–Trinajstić information content (AvgIpc) is 3.52. The summed E-state index contributed by atoms with van der Waals surface area (Å²) in [7, 11) is -2.89.